The van der Waals surface area contributed by atoms with Gasteiger partial charge < -0.3 is 64.1 Å². The molecule has 50 heteroatoms. The summed E-state index contributed by atoms with van der Waals surface area (Å²) >= 11 is 28.9. The molecule has 3 fully saturated rings. The minimum atomic E-state index is -4.90. The predicted molar refractivity (Wildman–Crippen MR) is 360 cm³/mol. The van der Waals surface area contributed by atoms with E-state index in [2.05, 4.69) is 93.3 Å². The van der Waals surface area contributed by atoms with Crippen molar-refractivity contribution in [1.82, 2.24) is 64.5 Å². The minimum Gasteiger partial charge on any atom is -0.384 e. The zero-order chi connectivity index (χ0) is 79.4. The zero-order valence-corrected chi connectivity index (χ0v) is 59.2. The van der Waals surface area contributed by atoms with Gasteiger partial charge in [0.25, 0.3) is 45.9 Å². The summed E-state index contributed by atoms with van der Waals surface area (Å²) < 4.78 is 151. The second kappa shape index (κ2) is 33.0. The van der Waals surface area contributed by atoms with Crippen LogP contribution in [0.15, 0.2) is 89.6 Å². The molecule has 7 amide bonds. The Morgan fingerprint density at radius 2 is 0.804 bits per heavy atom. The van der Waals surface area contributed by atoms with E-state index in [0.29, 0.717) is 23.1 Å². The number of halogens is 18. The Morgan fingerprint density at radius 1 is 0.495 bits per heavy atom. The quantitative estimate of drug-likeness (QED) is 0.0539. The summed E-state index contributed by atoms with van der Waals surface area (Å²) in [6, 6.07) is 8.67. The Labute approximate surface area is 623 Å². The average molecular weight is 1730 g/mol. The van der Waals surface area contributed by atoms with E-state index in [-0.39, 0.29) is 114 Å². The lowest BCUT2D eigenvalue weighted by Gasteiger charge is -2.18. The molecule has 0 aromatic carbocycles. The molecule has 10 heterocycles. The standard InChI is InChI=1S/2C16H12ClF3N6O3.C8H3BrClF3N2O2.C8H10N4O.C6H4BrClN2O2.C3H5F3O/c2*17-7-3-8(14(29)26-11(7)13(28)25-15(26)16(18,19)20)23-9-4-10(22-5-21-9)24-12(27)6-1-2-6;9-2-1-3(10)4-5(16)14-7(8(11,12)13)15(4)6(2)17;9-6-3-7(11-4-10-6)12-8(13)5-1-2-5;7-2-1-3(8)4(5(9)11)10-6(2)12;1-2(7)3(4,5)6/h2*3-6,15H,1-2H2,(H,25,28)(H2,21,22,23,24,27);1,7H,(H,14,16);3-5H,1-2H2,(H3,9,10,11,12,13);1H,(H2,9,11)(H,10,12);2,7H,1H3. The van der Waals surface area contributed by atoms with Crippen LogP contribution in [0, 0.1) is 17.8 Å². The normalized spacial score (nSPS) is 17.0. The van der Waals surface area contributed by atoms with Crippen LogP contribution in [0.3, 0.4) is 0 Å². The van der Waals surface area contributed by atoms with E-state index in [9.17, 15) is 105 Å². The van der Waals surface area contributed by atoms with E-state index >= 15 is 0 Å². The summed E-state index contributed by atoms with van der Waals surface area (Å²) in [6.45, 7) is 0.681. The molecule has 0 bridgehead atoms. The number of aliphatic hydroxyl groups excluding tert-OH is 1. The molecular weight excluding hydrogens is 1690 g/mol. The highest BCUT2D eigenvalue weighted by atomic mass is 79.9. The van der Waals surface area contributed by atoms with Gasteiger partial charge in [0.15, 0.2) is 0 Å². The third-order valence-electron chi connectivity index (χ3n) is 14.5. The average Bonchev–Trinajstić information content (AvgIpc) is 1.66. The van der Waals surface area contributed by atoms with Gasteiger partial charge in [-0.25, -0.2) is 29.9 Å². The maximum Gasteiger partial charge on any atom is 0.427 e. The smallest absolute Gasteiger partial charge is 0.384 e. The van der Waals surface area contributed by atoms with Gasteiger partial charge in [-0.2, -0.15) is 52.7 Å². The van der Waals surface area contributed by atoms with Crippen LogP contribution in [0.5, 0.6) is 0 Å². The number of aromatic nitrogens is 10. The summed E-state index contributed by atoms with van der Waals surface area (Å²) in [7, 11) is 0. The van der Waals surface area contributed by atoms with Crippen molar-refractivity contribution in [2.45, 2.75) is 94.8 Å². The molecule has 4 atom stereocenters. The molecule has 572 valence electrons. The van der Waals surface area contributed by atoms with Crippen LogP contribution in [-0.4, -0.2) is 126 Å². The van der Waals surface area contributed by atoms with Gasteiger partial charge >= 0.3 is 24.7 Å². The van der Waals surface area contributed by atoms with Crippen molar-refractivity contribution in [3.05, 3.63) is 155 Å². The van der Waals surface area contributed by atoms with E-state index in [1.165, 1.54) is 24.5 Å². The summed E-state index contributed by atoms with van der Waals surface area (Å²) in [5.74, 6) is -3.07. The largest absolute Gasteiger partial charge is 0.427 e. The fraction of sp³-hybridized carbons (Fsp3) is 0.316. The molecule has 3 aliphatic heterocycles. The molecule has 3 saturated carbocycles. The Morgan fingerprint density at radius 3 is 1.12 bits per heavy atom. The first-order valence-electron chi connectivity index (χ1n) is 29.7. The fourth-order valence-corrected chi connectivity index (χ4v) is 11.0. The van der Waals surface area contributed by atoms with Crippen molar-refractivity contribution in [2.75, 3.05) is 32.3 Å². The van der Waals surface area contributed by atoms with Crippen LogP contribution in [0.1, 0.15) is 106 Å². The van der Waals surface area contributed by atoms with Crippen LogP contribution < -0.4 is 76.2 Å². The SMILES string of the molecule is CC(O)C(F)(F)F.NC(=O)c1[nH]c(=O)c(Br)cc1Cl.Nc1cc(NC(=O)C2CC2)ncn1.O=C1NC(C(F)(F)F)n2c1c(Cl)cc(Br)c2=O.O=C1NC(C(F)(F)F)n2c1c(Cl)cc(Nc1cc(NC(=O)C3CC3)ncn1)c2=O.O=C1NC(C(F)(F)F)n2c1c(Cl)cc(Nc1cc(NC(=O)C3CC3)ncn1)c2=O. The maximum absolute atomic E-state index is 13.2. The van der Waals surface area contributed by atoms with Gasteiger partial charge in [-0.05, 0) is 102 Å². The first kappa shape index (κ1) is 82.6. The second-order valence-corrected chi connectivity index (χ2v) is 26.0. The number of rotatable bonds is 11. The van der Waals surface area contributed by atoms with Crippen LogP contribution >= 0.6 is 78.3 Å². The number of anilines is 8. The number of nitrogens with two attached hydrogens (primary N) is 2. The number of fused-ring (bicyclic) bond motifs is 3. The topological polar surface area (TPSA) is 464 Å². The zero-order valence-electron chi connectivity index (χ0n) is 53.0. The van der Waals surface area contributed by atoms with Crippen molar-refractivity contribution >= 4 is 166 Å². The molecule has 7 aromatic heterocycles. The molecule has 14 N–H and O–H groups in total. The number of aromatic amines is 1. The number of H-pyrrole nitrogens is 1. The highest BCUT2D eigenvalue weighted by Gasteiger charge is 2.52. The minimum absolute atomic E-state index is 0.0260. The van der Waals surface area contributed by atoms with Crippen molar-refractivity contribution in [1.29, 1.82) is 0 Å². The molecule has 107 heavy (non-hydrogen) atoms. The van der Waals surface area contributed by atoms with Gasteiger partial charge in [-0.15, -0.1) is 0 Å². The molecule has 13 rings (SSSR count). The van der Waals surface area contributed by atoms with Crippen LogP contribution in [0.4, 0.5) is 99.0 Å². The second-order valence-electron chi connectivity index (χ2n) is 22.7. The monoisotopic (exact) mass is 1730 g/mol. The Bertz CT molecular complexity index is 4770. The van der Waals surface area contributed by atoms with E-state index < -0.39 is 112 Å². The highest BCUT2D eigenvalue weighted by Crippen LogP contribution is 2.39. The Balaban J connectivity index is 0.000000172. The number of nitrogens with zero attached hydrogens (tertiary/aromatic N) is 9. The molecular formula is C57H46Br2Cl4F12N20O12. The number of nitrogen functional groups attached to an aromatic ring is 1. The van der Waals surface area contributed by atoms with Crippen LogP contribution in [0.2, 0.25) is 20.1 Å². The number of hydrogen-bond acceptors (Lipinski definition) is 21. The van der Waals surface area contributed by atoms with E-state index in [4.69, 9.17) is 63.0 Å². The number of hydrogen-bond donors (Lipinski definition) is 12. The molecule has 32 nitrogen and oxygen atoms in total. The number of amides is 7. The first-order valence-corrected chi connectivity index (χ1v) is 32.8. The lowest BCUT2D eigenvalue weighted by Crippen LogP contribution is -2.39. The highest BCUT2D eigenvalue weighted by molar-refractivity contribution is 9.10. The van der Waals surface area contributed by atoms with Crippen molar-refractivity contribution in [2.24, 2.45) is 23.5 Å². The Hall–Kier alpha value is -10.0. The lowest BCUT2D eigenvalue weighted by molar-refractivity contribution is -0.197. The number of aliphatic hydroxyl groups is 1. The number of carbonyl (C=O) groups excluding carboxylic acids is 7. The van der Waals surface area contributed by atoms with Gasteiger partial charge in [0.05, 0.1) is 29.0 Å². The van der Waals surface area contributed by atoms with E-state index in [1.807, 2.05) is 0 Å². The molecule has 0 spiro atoms. The number of alkyl halides is 12. The molecule has 0 radical (unpaired) electrons. The Kier molecular flexibility index (Phi) is 25.5. The molecule has 0 saturated heterocycles. The molecule has 6 aliphatic rings. The lowest BCUT2D eigenvalue weighted by atomic mass is 10.3. The molecule has 3 aliphatic carbocycles. The van der Waals surface area contributed by atoms with Crippen LogP contribution in [-0.2, 0) is 14.4 Å². The van der Waals surface area contributed by atoms with Gasteiger partial charge in [-0.1, -0.05) is 46.4 Å². The van der Waals surface area contributed by atoms with Gasteiger partial charge in [0.2, 0.25) is 36.2 Å². The fourth-order valence-electron chi connectivity index (χ4n) is 8.89. The van der Waals surface area contributed by atoms with Crippen molar-refractivity contribution in [3.8, 4) is 0 Å². The van der Waals surface area contributed by atoms with Gasteiger partial charge in [0.1, 0.15) is 94.1 Å². The number of pyridine rings is 4. The first-order chi connectivity index (χ1) is 49.7. The number of carbonyl (C=O) groups is 7. The summed E-state index contributed by atoms with van der Waals surface area (Å²) in [6.07, 6.45) is -20.0. The van der Waals surface area contributed by atoms with Gasteiger partial charge in [-0.3, -0.25) is 66.4 Å². The third-order valence-corrected chi connectivity index (χ3v) is 16.8. The molecule has 7 aromatic rings. The van der Waals surface area contributed by atoms with Crippen LogP contribution in [0.25, 0.3) is 0 Å². The number of nitrogens with one attached hydrogen (secondary N) is 9. The predicted octanol–water partition coefficient (Wildman–Crippen LogP) is 8.67. The summed E-state index contributed by atoms with van der Waals surface area (Å²) in [4.78, 5) is 154. The summed E-state index contributed by atoms with van der Waals surface area (Å²) in [5, 5.41) is 25.0. The van der Waals surface area contributed by atoms with Gasteiger partial charge in [0, 0.05) is 36.0 Å². The van der Waals surface area contributed by atoms with E-state index in [1.54, 1.807) is 22.0 Å². The van der Waals surface area contributed by atoms with Crippen molar-refractivity contribution in [3.63, 3.8) is 0 Å². The van der Waals surface area contributed by atoms with Crippen molar-refractivity contribution < 1.29 is 91.4 Å². The molecule has 4 unspecified atom stereocenters. The van der Waals surface area contributed by atoms with E-state index in [0.717, 1.165) is 69.4 Å². The summed E-state index contributed by atoms with van der Waals surface area (Å²) in [5.41, 5.74) is 4.32. The maximum atomic E-state index is 13.2. The third kappa shape index (κ3) is 21.0. The number of primary amides is 1.